The second-order valence-electron chi connectivity index (χ2n) is 3.54. The van der Waals surface area contributed by atoms with Crippen LogP contribution in [0, 0.1) is 0 Å². The molecule has 1 heterocycles. The van der Waals surface area contributed by atoms with E-state index >= 15 is 0 Å². The number of benzene rings is 1. The lowest BCUT2D eigenvalue weighted by Crippen LogP contribution is -2.10. The van der Waals surface area contributed by atoms with Crippen LogP contribution in [0.4, 0.5) is 0 Å². The van der Waals surface area contributed by atoms with E-state index < -0.39 is 5.91 Å². The van der Waals surface area contributed by atoms with Crippen LogP contribution in [-0.4, -0.2) is 17.2 Å². The zero-order chi connectivity index (χ0) is 13.0. The number of aldehydes is 1. The average molecular weight is 242 g/mol. The van der Waals surface area contributed by atoms with Crippen molar-refractivity contribution < 1.29 is 14.3 Å². The molecule has 1 aromatic carbocycles. The number of carbonyl (C=O) groups excluding carboxylic acids is 2. The van der Waals surface area contributed by atoms with Crippen LogP contribution >= 0.6 is 0 Å². The van der Waals surface area contributed by atoms with Crippen molar-refractivity contribution in [2.75, 3.05) is 0 Å². The molecule has 18 heavy (non-hydrogen) atoms. The molecule has 90 valence electrons. The Kier molecular flexibility index (Phi) is 3.33. The fourth-order valence-corrected chi connectivity index (χ4v) is 1.33. The van der Waals surface area contributed by atoms with Crippen LogP contribution in [0.5, 0.6) is 11.6 Å². The summed E-state index contributed by atoms with van der Waals surface area (Å²) in [6.45, 7) is 0. The van der Waals surface area contributed by atoms with Crippen LogP contribution in [0.25, 0.3) is 0 Å². The van der Waals surface area contributed by atoms with Crippen LogP contribution in [0.15, 0.2) is 42.6 Å². The first-order valence-electron chi connectivity index (χ1n) is 5.18. The van der Waals surface area contributed by atoms with Crippen molar-refractivity contribution in [3.63, 3.8) is 0 Å². The van der Waals surface area contributed by atoms with E-state index in [9.17, 15) is 9.59 Å². The SMILES string of the molecule is NC(=O)c1ccc(Oc2ccc(C=O)cn2)cc1. The van der Waals surface area contributed by atoms with Gasteiger partial charge in [0, 0.05) is 23.4 Å². The zero-order valence-electron chi connectivity index (χ0n) is 9.37. The molecule has 0 radical (unpaired) electrons. The molecule has 0 spiro atoms. The highest BCUT2D eigenvalue weighted by molar-refractivity contribution is 5.92. The van der Waals surface area contributed by atoms with Gasteiger partial charge in [0.2, 0.25) is 11.8 Å². The molecule has 0 aliphatic heterocycles. The number of aromatic nitrogens is 1. The lowest BCUT2D eigenvalue weighted by atomic mass is 10.2. The van der Waals surface area contributed by atoms with Gasteiger partial charge in [-0.3, -0.25) is 9.59 Å². The molecule has 0 saturated heterocycles. The Labute approximate surface area is 103 Å². The van der Waals surface area contributed by atoms with Gasteiger partial charge in [0.25, 0.3) is 0 Å². The Bertz CT molecular complexity index is 562. The molecule has 2 N–H and O–H groups in total. The number of nitrogens with zero attached hydrogens (tertiary/aromatic N) is 1. The molecule has 1 aromatic heterocycles. The summed E-state index contributed by atoms with van der Waals surface area (Å²) in [4.78, 5) is 25.3. The molecule has 5 heteroatoms. The number of hydrogen-bond donors (Lipinski definition) is 1. The summed E-state index contributed by atoms with van der Waals surface area (Å²) in [7, 11) is 0. The third kappa shape index (κ3) is 2.70. The summed E-state index contributed by atoms with van der Waals surface area (Å²) >= 11 is 0. The van der Waals surface area contributed by atoms with Crippen molar-refractivity contribution in [3.05, 3.63) is 53.7 Å². The van der Waals surface area contributed by atoms with E-state index in [0.717, 1.165) is 0 Å². The smallest absolute Gasteiger partial charge is 0.248 e. The highest BCUT2D eigenvalue weighted by Gasteiger charge is 2.02. The average Bonchev–Trinajstić information content (AvgIpc) is 2.40. The zero-order valence-corrected chi connectivity index (χ0v) is 9.37. The van der Waals surface area contributed by atoms with E-state index in [4.69, 9.17) is 10.5 Å². The minimum atomic E-state index is -0.491. The third-order valence-electron chi connectivity index (χ3n) is 2.26. The molecule has 5 nitrogen and oxygen atoms in total. The molecule has 0 fully saturated rings. The van der Waals surface area contributed by atoms with Gasteiger partial charge in [-0.1, -0.05) is 0 Å². The molecular weight excluding hydrogens is 232 g/mol. The van der Waals surface area contributed by atoms with E-state index in [1.165, 1.54) is 6.20 Å². The molecular formula is C13H10N2O3. The first-order chi connectivity index (χ1) is 8.69. The summed E-state index contributed by atoms with van der Waals surface area (Å²) in [5.74, 6) is 0.411. The molecule has 0 unspecified atom stereocenters. The molecule has 0 bridgehead atoms. The molecule has 1 amide bonds. The second-order valence-corrected chi connectivity index (χ2v) is 3.54. The maximum atomic E-state index is 10.9. The molecule has 2 rings (SSSR count). The number of ether oxygens (including phenoxy) is 1. The summed E-state index contributed by atoms with van der Waals surface area (Å²) in [6.07, 6.45) is 2.12. The number of pyridine rings is 1. The fourth-order valence-electron chi connectivity index (χ4n) is 1.33. The van der Waals surface area contributed by atoms with Gasteiger partial charge in [0.05, 0.1) is 0 Å². The quantitative estimate of drug-likeness (QED) is 0.828. The van der Waals surface area contributed by atoms with Crippen LogP contribution in [0.1, 0.15) is 20.7 Å². The standard InChI is InChI=1S/C13H10N2O3/c14-13(17)10-2-4-11(5-3-10)18-12-6-1-9(8-16)7-15-12/h1-8H,(H2,14,17). The van der Waals surface area contributed by atoms with Crippen LogP contribution in [0.2, 0.25) is 0 Å². The van der Waals surface area contributed by atoms with Gasteiger partial charge in [-0.2, -0.15) is 0 Å². The van der Waals surface area contributed by atoms with Crippen molar-refractivity contribution in [1.82, 2.24) is 4.98 Å². The maximum absolute atomic E-state index is 10.9. The number of carbonyl (C=O) groups is 2. The molecule has 0 saturated carbocycles. The summed E-state index contributed by atoms with van der Waals surface area (Å²) in [5.41, 5.74) is 6.01. The van der Waals surface area contributed by atoms with Crippen molar-refractivity contribution >= 4 is 12.2 Å². The predicted molar refractivity (Wildman–Crippen MR) is 64.7 cm³/mol. The Hall–Kier alpha value is -2.69. The summed E-state index contributed by atoms with van der Waals surface area (Å²) < 4.78 is 5.43. The molecule has 0 aliphatic rings. The highest BCUT2D eigenvalue weighted by Crippen LogP contribution is 2.19. The highest BCUT2D eigenvalue weighted by atomic mass is 16.5. The van der Waals surface area contributed by atoms with Gasteiger partial charge >= 0.3 is 0 Å². The summed E-state index contributed by atoms with van der Waals surface area (Å²) in [5, 5.41) is 0. The first kappa shape index (κ1) is 11.8. The largest absolute Gasteiger partial charge is 0.439 e. The van der Waals surface area contributed by atoms with E-state index in [1.54, 1.807) is 36.4 Å². The van der Waals surface area contributed by atoms with Crippen molar-refractivity contribution in [2.24, 2.45) is 5.73 Å². The van der Waals surface area contributed by atoms with Crippen molar-refractivity contribution in [2.45, 2.75) is 0 Å². The van der Waals surface area contributed by atoms with Crippen LogP contribution in [-0.2, 0) is 0 Å². The Morgan fingerprint density at radius 3 is 2.39 bits per heavy atom. The second kappa shape index (κ2) is 5.09. The summed E-state index contributed by atoms with van der Waals surface area (Å²) in [6, 6.07) is 9.57. The fraction of sp³-hybridized carbons (Fsp3) is 0. The minimum absolute atomic E-state index is 0.368. The van der Waals surface area contributed by atoms with Crippen molar-refractivity contribution in [3.8, 4) is 11.6 Å². The first-order valence-corrected chi connectivity index (χ1v) is 5.18. The number of hydrogen-bond acceptors (Lipinski definition) is 4. The van der Waals surface area contributed by atoms with Gasteiger partial charge in [-0.15, -0.1) is 0 Å². The number of primary amides is 1. The topological polar surface area (TPSA) is 82.3 Å². The van der Waals surface area contributed by atoms with Gasteiger partial charge in [-0.05, 0) is 30.3 Å². The van der Waals surface area contributed by atoms with E-state index in [0.29, 0.717) is 29.0 Å². The van der Waals surface area contributed by atoms with Crippen LogP contribution < -0.4 is 10.5 Å². The number of nitrogens with two attached hydrogens (primary N) is 1. The van der Waals surface area contributed by atoms with Gasteiger partial charge in [-0.25, -0.2) is 4.98 Å². The predicted octanol–water partition coefficient (Wildman–Crippen LogP) is 1.79. The Balaban J connectivity index is 2.12. The maximum Gasteiger partial charge on any atom is 0.248 e. The van der Waals surface area contributed by atoms with Gasteiger partial charge in [0.15, 0.2) is 6.29 Å². The van der Waals surface area contributed by atoms with Gasteiger partial charge in [0.1, 0.15) is 5.75 Å². The third-order valence-corrected chi connectivity index (χ3v) is 2.26. The lowest BCUT2D eigenvalue weighted by Gasteiger charge is -2.04. The molecule has 0 atom stereocenters. The van der Waals surface area contributed by atoms with Gasteiger partial charge < -0.3 is 10.5 Å². The van der Waals surface area contributed by atoms with E-state index in [1.807, 2.05) is 0 Å². The Morgan fingerprint density at radius 2 is 1.89 bits per heavy atom. The van der Waals surface area contributed by atoms with Crippen LogP contribution in [0.3, 0.4) is 0 Å². The lowest BCUT2D eigenvalue weighted by molar-refractivity contribution is 0.1000. The molecule has 2 aromatic rings. The molecule has 0 aliphatic carbocycles. The van der Waals surface area contributed by atoms with E-state index in [2.05, 4.69) is 4.98 Å². The van der Waals surface area contributed by atoms with E-state index in [-0.39, 0.29) is 0 Å². The van der Waals surface area contributed by atoms with Crippen molar-refractivity contribution in [1.29, 1.82) is 0 Å². The number of rotatable bonds is 4. The Morgan fingerprint density at radius 1 is 1.17 bits per heavy atom. The number of amides is 1. The minimum Gasteiger partial charge on any atom is -0.439 e. The normalized spacial score (nSPS) is 9.78. The monoisotopic (exact) mass is 242 g/mol.